The predicted octanol–water partition coefficient (Wildman–Crippen LogP) is 3.17. The van der Waals surface area contributed by atoms with E-state index in [1.165, 1.54) is 6.92 Å². The SMILES string of the molecule is CCOC(=O)C1=C(CC)Nc2ccccc2N=C1NC(=O)[C@H](C)N1C(=O)c2ccccc2C1=O. The van der Waals surface area contributed by atoms with Crippen molar-refractivity contribution in [3.8, 4) is 0 Å². The molecule has 0 aliphatic carbocycles. The summed E-state index contributed by atoms with van der Waals surface area (Å²) in [4.78, 5) is 57.2. The highest BCUT2D eigenvalue weighted by molar-refractivity contribution is 6.26. The van der Waals surface area contributed by atoms with E-state index in [9.17, 15) is 19.2 Å². The van der Waals surface area contributed by atoms with E-state index >= 15 is 0 Å². The number of carbonyl (C=O) groups is 4. The van der Waals surface area contributed by atoms with Crippen LogP contribution in [0.4, 0.5) is 11.4 Å². The summed E-state index contributed by atoms with van der Waals surface area (Å²) in [6.45, 7) is 5.13. The van der Waals surface area contributed by atoms with Crippen molar-refractivity contribution >= 4 is 40.9 Å². The molecule has 0 radical (unpaired) electrons. The van der Waals surface area contributed by atoms with Gasteiger partial charge in [-0.15, -0.1) is 0 Å². The lowest BCUT2D eigenvalue weighted by molar-refractivity contribution is -0.137. The Bertz CT molecular complexity index is 1230. The second-order valence-corrected chi connectivity index (χ2v) is 7.72. The van der Waals surface area contributed by atoms with Crippen molar-refractivity contribution in [2.75, 3.05) is 11.9 Å². The highest BCUT2D eigenvalue weighted by atomic mass is 16.5. The van der Waals surface area contributed by atoms with Gasteiger partial charge in [0.15, 0.2) is 0 Å². The number of allylic oxidation sites excluding steroid dienone is 1. The fourth-order valence-electron chi connectivity index (χ4n) is 3.90. The van der Waals surface area contributed by atoms with Crippen LogP contribution in [0.15, 0.2) is 64.8 Å². The zero-order valence-electron chi connectivity index (χ0n) is 19.0. The van der Waals surface area contributed by atoms with Crippen molar-refractivity contribution in [3.63, 3.8) is 0 Å². The number of amidine groups is 1. The summed E-state index contributed by atoms with van der Waals surface area (Å²) in [6, 6.07) is 12.4. The first-order valence-electron chi connectivity index (χ1n) is 11.0. The fourth-order valence-corrected chi connectivity index (χ4v) is 3.90. The number of rotatable bonds is 5. The Morgan fingerprint density at radius 3 is 2.26 bits per heavy atom. The van der Waals surface area contributed by atoms with Crippen LogP contribution in [0.5, 0.6) is 0 Å². The van der Waals surface area contributed by atoms with E-state index in [1.54, 1.807) is 43.3 Å². The van der Waals surface area contributed by atoms with Gasteiger partial charge >= 0.3 is 5.97 Å². The van der Waals surface area contributed by atoms with Gasteiger partial charge in [-0.3, -0.25) is 19.3 Å². The van der Waals surface area contributed by atoms with Gasteiger partial charge in [0.1, 0.15) is 17.5 Å². The molecule has 0 saturated heterocycles. The molecule has 2 heterocycles. The maximum absolute atomic E-state index is 13.3. The van der Waals surface area contributed by atoms with Crippen LogP contribution in [-0.2, 0) is 14.3 Å². The number of benzene rings is 2. The lowest BCUT2D eigenvalue weighted by Crippen LogP contribution is -2.50. The number of carbonyl (C=O) groups excluding carboxylic acids is 4. The zero-order chi connectivity index (χ0) is 24.4. The molecule has 2 N–H and O–H groups in total. The summed E-state index contributed by atoms with van der Waals surface area (Å²) >= 11 is 0. The van der Waals surface area contributed by atoms with Crippen molar-refractivity contribution in [3.05, 3.63) is 70.9 Å². The van der Waals surface area contributed by atoms with Crippen molar-refractivity contribution in [2.24, 2.45) is 4.99 Å². The van der Waals surface area contributed by atoms with E-state index in [1.807, 2.05) is 19.1 Å². The number of amides is 3. The van der Waals surface area contributed by atoms with Gasteiger partial charge in [-0.25, -0.2) is 9.79 Å². The third-order valence-corrected chi connectivity index (χ3v) is 5.63. The standard InChI is InChI=1S/C25H24N4O5/c1-4-17-20(25(33)34-5-2)21(27-19-13-9-8-12-18(19)26-17)28-22(30)14(3)29-23(31)15-10-6-7-11-16(15)24(29)32/h6-14,26H,4-5H2,1-3H3,(H,27,28,30)/t14-/m0/s1. The number of fused-ring (bicyclic) bond motifs is 2. The number of nitrogens with zero attached hydrogens (tertiary/aromatic N) is 2. The first kappa shape index (κ1) is 22.9. The fraction of sp³-hybridized carbons (Fsp3) is 0.240. The molecule has 2 aromatic rings. The van der Waals surface area contributed by atoms with Gasteiger partial charge in [0.05, 0.1) is 29.1 Å². The Labute approximate surface area is 196 Å². The molecule has 0 fully saturated rings. The maximum atomic E-state index is 13.3. The molecule has 2 aliphatic rings. The summed E-state index contributed by atoms with van der Waals surface area (Å²) < 4.78 is 5.23. The van der Waals surface area contributed by atoms with Crippen LogP contribution in [0.2, 0.25) is 0 Å². The van der Waals surface area contributed by atoms with E-state index in [-0.39, 0.29) is 29.1 Å². The summed E-state index contributed by atoms with van der Waals surface area (Å²) in [7, 11) is 0. The number of imide groups is 1. The number of aliphatic imine (C=N–C) groups is 1. The van der Waals surface area contributed by atoms with Crippen LogP contribution < -0.4 is 10.6 Å². The lowest BCUT2D eigenvalue weighted by Gasteiger charge is -2.22. The molecule has 34 heavy (non-hydrogen) atoms. The molecule has 0 spiro atoms. The molecule has 174 valence electrons. The van der Waals surface area contributed by atoms with Crippen molar-refractivity contribution in [2.45, 2.75) is 33.2 Å². The molecule has 1 atom stereocenters. The largest absolute Gasteiger partial charge is 0.462 e. The Kier molecular flexibility index (Phi) is 6.27. The van der Waals surface area contributed by atoms with Gasteiger partial charge in [-0.1, -0.05) is 31.2 Å². The van der Waals surface area contributed by atoms with E-state index in [0.29, 0.717) is 23.5 Å². The topological polar surface area (TPSA) is 117 Å². The van der Waals surface area contributed by atoms with Crippen LogP contribution in [-0.4, -0.2) is 47.1 Å². The summed E-state index contributed by atoms with van der Waals surface area (Å²) in [6.07, 6.45) is 0.436. The normalized spacial score (nSPS) is 15.6. The minimum absolute atomic E-state index is 0.0128. The quantitative estimate of drug-likeness (QED) is 0.523. The Hall–Kier alpha value is -4.27. The first-order valence-corrected chi connectivity index (χ1v) is 11.0. The molecule has 4 rings (SSSR count). The Morgan fingerprint density at radius 2 is 1.65 bits per heavy atom. The molecule has 0 saturated carbocycles. The van der Waals surface area contributed by atoms with Crippen molar-refractivity contribution in [1.82, 2.24) is 10.2 Å². The predicted molar refractivity (Wildman–Crippen MR) is 126 cm³/mol. The molecule has 9 heteroatoms. The van der Waals surface area contributed by atoms with E-state index in [2.05, 4.69) is 15.6 Å². The number of nitrogens with one attached hydrogen (secondary N) is 2. The molecule has 9 nitrogen and oxygen atoms in total. The van der Waals surface area contributed by atoms with Crippen molar-refractivity contribution < 1.29 is 23.9 Å². The average molecular weight is 460 g/mol. The maximum Gasteiger partial charge on any atom is 0.343 e. The molecule has 2 aromatic carbocycles. The number of ether oxygens (including phenoxy) is 1. The van der Waals surface area contributed by atoms with Crippen LogP contribution in [0.1, 0.15) is 47.9 Å². The number of hydrogen-bond donors (Lipinski definition) is 2. The second-order valence-electron chi connectivity index (χ2n) is 7.72. The van der Waals surface area contributed by atoms with Crippen LogP contribution in [0, 0.1) is 0 Å². The van der Waals surface area contributed by atoms with Gasteiger partial charge in [-0.05, 0) is 44.5 Å². The smallest absolute Gasteiger partial charge is 0.343 e. The highest BCUT2D eigenvalue weighted by Gasteiger charge is 2.41. The summed E-state index contributed by atoms with van der Waals surface area (Å²) in [5, 5.41) is 5.87. The number of esters is 1. The van der Waals surface area contributed by atoms with Gasteiger partial charge < -0.3 is 15.4 Å². The molecule has 0 aromatic heterocycles. The van der Waals surface area contributed by atoms with Crippen LogP contribution in [0.25, 0.3) is 0 Å². The summed E-state index contributed by atoms with van der Waals surface area (Å²) in [5.41, 5.74) is 2.28. The molecule has 0 unspecified atom stereocenters. The average Bonchev–Trinajstić information content (AvgIpc) is 2.98. The van der Waals surface area contributed by atoms with Gasteiger partial charge in [0, 0.05) is 5.70 Å². The van der Waals surface area contributed by atoms with E-state index in [0.717, 1.165) is 4.90 Å². The van der Waals surface area contributed by atoms with Gasteiger partial charge in [0.2, 0.25) is 5.91 Å². The monoisotopic (exact) mass is 460 g/mol. The number of para-hydroxylation sites is 2. The summed E-state index contributed by atoms with van der Waals surface area (Å²) in [5.74, 6) is -2.42. The third kappa shape index (κ3) is 3.96. The number of hydrogen-bond acceptors (Lipinski definition) is 7. The van der Waals surface area contributed by atoms with E-state index in [4.69, 9.17) is 4.74 Å². The third-order valence-electron chi connectivity index (χ3n) is 5.63. The lowest BCUT2D eigenvalue weighted by atomic mass is 10.1. The second kappa shape index (κ2) is 9.30. The molecule has 3 amide bonds. The Balaban J connectivity index is 1.69. The van der Waals surface area contributed by atoms with Gasteiger partial charge in [0.25, 0.3) is 11.8 Å². The molecule has 0 bridgehead atoms. The van der Waals surface area contributed by atoms with Gasteiger partial charge in [-0.2, -0.15) is 0 Å². The molecular formula is C25H24N4O5. The highest BCUT2D eigenvalue weighted by Crippen LogP contribution is 2.31. The van der Waals surface area contributed by atoms with Crippen LogP contribution in [0.3, 0.4) is 0 Å². The van der Waals surface area contributed by atoms with E-state index < -0.39 is 29.7 Å². The molecule has 2 aliphatic heterocycles. The first-order chi connectivity index (χ1) is 16.4. The Morgan fingerprint density at radius 1 is 1.03 bits per heavy atom. The number of anilines is 1. The minimum Gasteiger partial charge on any atom is -0.462 e. The molecular weight excluding hydrogens is 436 g/mol. The van der Waals surface area contributed by atoms with Crippen LogP contribution >= 0.6 is 0 Å². The minimum atomic E-state index is -1.14. The van der Waals surface area contributed by atoms with Crippen molar-refractivity contribution in [1.29, 1.82) is 0 Å². The zero-order valence-corrected chi connectivity index (χ0v) is 19.0.